The smallest absolute Gasteiger partial charge is 0.270 e. The second kappa shape index (κ2) is 8.68. The van der Waals surface area contributed by atoms with E-state index in [0.717, 1.165) is 26.4 Å². The highest BCUT2D eigenvalue weighted by Crippen LogP contribution is 2.35. The summed E-state index contributed by atoms with van der Waals surface area (Å²) in [5, 5.41) is 16.6. The molecule has 0 saturated heterocycles. The number of amides is 2. The second-order valence-corrected chi connectivity index (χ2v) is 8.75. The number of nitro benzene ring substituents is 1. The van der Waals surface area contributed by atoms with Crippen LogP contribution in [-0.4, -0.2) is 21.7 Å². The van der Waals surface area contributed by atoms with E-state index in [9.17, 15) is 19.7 Å². The van der Waals surface area contributed by atoms with Crippen molar-refractivity contribution in [3.63, 3.8) is 0 Å². The first-order valence-corrected chi connectivity index (χ1v) is 10.3. The van der Waals surface area contributed by atoms with E-state index in [2.05, 4.69) is 15.6 Å². The van der Waals surface area contributed by atoms with E-state index in [0.29, 0.717) is 11.7 Å². The van der Waals surface area contributed by atoms with E-state index in [-0.39, 0.29) is 22.2 Å². The number of hydrogen-bond acceptors (Lipinski definition) is 7. The van der Waals surface area contributed by atoms with Crippen LogP contribution in [0.1, 0.15) is 27.0 Å². The number of carbonyl (C=O) groups is 2. The van der Waals surface area contributed by atoms with E-state index < -0.39 is 10.8 Å². The average Bonchev–Trinajstić information content (AvgIpc) is 3.25. The molecule has 2 amide bonds. The Labute approximate surface area is 178 Å². The number of carbonyl (C=O) groups excluding carboxylic acids is 2. The van der Waals surface area contributed by atoms with Crippen LogP contribution < -0.4 is 10.6 Å². The fraction of sp³-hybridized carbons (Fsp3) is 0.167. The number of anilines is 1. The molecule has 8 nitrogen and oxygen atoms in total. The summed E-state index contributed by atoms with van der Waals surface area (Å²) in [5.41, 5.74) is 0.686. The minimum atomic E-state index is -0.578. The molecular weight excluding hydrogens is 436 g/mol. The molecule has 0 spiro atoms. The standard InChI is InChI=1S/C18H15ClN4O4S2/c1-9-16(15-6-4-12(29-15)8-20-10(2)24)21-18(28-9)22-17(25)13-5-3-11(23(26)27)7-14(13)19/h3-7H,8H2,1-2H3,(H,20,24)(H,21,22,25). The maximum Gasteiger partial charge on any atom is 0.270 e. The van der Waals surface area contributed by atoms with Gasteiger partial charge in [-0.25, -0.2) is 4.98 Å². The van der Waals surface area contributed by atoms with Crippen LogP contribution in [0.25, 0.3) is 10.6 Å². The van der Waals surface area contributed by atoms with Gasteiger partial charge in [0, 0.05) is 28.8 Å². The Hall–Kier alpha value is -2.82. The van der Waals surface area contributed by atoms with Crippen molar-refractivity contribution in [2.45, 2.75) is 20.4 Å². The van der Waals surface area contributed by atoms with E-state index in [1.165, 1.54) is 41.7 Å². The molecule has 0 bridgehead atoms. The summed E-state index contributed by atoms with van der Waals surface area (Å²) in [4.78, 5) is 41.1. The highest BCUT2D eigenvalue weighted by molar-refractivity contribution is 7.18. The maximum absolute atomic E-state index is 12.5. The van der Waals surface area contributed by atoms with Gasteiger partial charge in [0.2, 0.25) is 5.91 Å². The van der Waals surface area contributed by atoms with Crippen molar-refractivity contribution in [2.75, 3.05) is 5.32 Å². The highest BCUT2D eigenvalue weighted by atomic mass is 35.5. The van der Waals surface area contributed by atoms with Crippen LogP contribution in [0.2, 0.25) is 5.02 Å². The molecule has 2 aromatic heterocycles. The van der Waals surface area contributed by atoms with Gasteiger partial charge >= 0.3 is 0 Å². The van der Waals surface area contributed by atoms with Crippen LogP contribution in [-0.2, 0) is 11.3 Å². The topological polar surface area (TPSA) is 114 Å². The Kier molecular flexibility index (Phi) is 6.26. The number of benzene rings is 1. The Balaban J connectivity index is 1.76. The lowest BCUT2D eigenvalue weighted by molar-refractivity contribution is -0.384. The Morgan fingerprint density at radius 1 is 1.24 bits per heavy atom. The van der Waals surface area contributed by atoms with E-state index in [1.807, 2.05) is 19.1 Å². The van der Waals surface area contributed by atoms with Gasteiger partial charge in [0.05, 0.1) is 32.6 Å². The first-order chi connectivity index (χ1) is 13.7. The molecule has 2 N–H and O–H groups in total. The van der Waals surface area contributed by atoms with Crippen LogP contribution in [0.3, 0.4) is 0 Å². The van der Waals surface area contributed by atoms with Gasteiger partial charge in [-0.1, -0.05) is 11.6 Å². The molecule has 0 aliphatic rings. The molecule has 11 heteroatoms. The minimum Gasteiger partial charge on any atom is -0.351 e. The summed E-state index contributed by atoms with van der Waals surface area (Å²) < 4.78 is 0. The van der Waals surface area contributed by atoms with Crippen LogP contribution in [0, 0.1) is 17.0 Å². The number of nitro groups is 1. The van der Waals surface area contributed by atoms with Gasteiger partial charge in [-0.3, -0.25) is 25.0 Å². The molecule has 0 radical (unpaired) electrons. The van der Waals surface area contributed by atoms with Crippen LogP contribution >= 0.6 is 34.3 Å². The molecular formula is C18H15ClN4O4S2. The average molecular weight is 451 g/mol. The Bertz CT molecular complexity index is 1110. The Morgan fingerprint density at radius 2 is 2.00 bits per heavy atom. The number of aryl methyl sites for hydroxylation is 1. The summed E-state index contributed by atoms with van der Waals surface area (Å²) in [5.74, 6) is -0.595. The molecule has 150 valence electrons. The molecule has 0 unspecified atom stereocenters. The maximum atomic E-state index is 12.5. The number of nitrogens with one attached hydrogen (secondary N) is 2. The van der Waals surface area contributed by atoms with Crippen molar-refractivity contribution in [3.8, 4) is 10.6 Å². The van der Waals surface area contributed by atoms with Crippen molar-refractivity contribution >= 4 is 56.9 Å². The molecule has 29 heavy (non-hydrogen) atoms. The summed E-state index contributed by atoms with van der Waals surface area (Å²) in [6.07, 6.45) is 0. The zero-order valence-corrected chi connectivity index (χ0v) is 17.7. The van der Waals surface area contributed by atoms with Crippen molar-refractivity contribution in [3.05, 3.63) is 60.8 Å². The van der Waals surface area contributed by atoms with Gasteiger partial charge in [-0.2, -0.15) is 0 Å². The third-order valence-corrected chi connectivity index (χ3v) is 6.12. The molecule has 0 saturated carbocycles. The molecule has 0 aliphatic carbocycles. The van der Waals surface area contributed by atoms with Crippen molar-refractivity contribution in [1.29, 1.82) is 0 Å². The monoisotopic (exact) mass is 450 g/mol. The lowest BCUT2D eigenvalue weighted by Crippen LogP contribution is -2.17. The molecule has 3 aromatic rings. The lowest BCUT2D eigenvalue weighted by Gasteiger charge is -2.03. The summed E-state index contributed by atoms with van der Waals surface area (Å²) >= 11 is 8.84. The van der Waals surface area contributed by atoms with E-state index >= 15 is 0 Å². The van der Waals surface area contributed by atoms with Gasteiger partial charge < -0.3 is 5.32 Å². The number of thiazole rings is 1. The number of thiophene rings is 1. The largest absolute Gasteiger partial charge is 0.351 e. The molecule has 1 aromatic carbocycles. The molecule has 3 rings (SSSR count). The third-order valence-electron chi connectivity index (χ3n) is 3.83. The molecule has 0 fully saturated rings. The van der Waals surface area contributed by atoms with Crippen LogP contribution in [0.15, 0.2) is 30.3 Å². The summed E-state index contributed by atoms with van der Waals surface area (Å²) in [6.45, 7) is 3.81. The zero-order valence-electron chi connectivity index (χ0n) is 15.3. The summed E-state index contributed by atoms with van der Waals surface area (Å²) in [6, 6.07) is 7.51. The first-order valence-electron chi connectivity index (χ1n) is 8.31. The highest BCUT2D eigenvalue weighted by Gasteiger charge is 2.18. The number of nitrogens with zero attached hydrogens (tertiary/aromatic N) is 2. The van der Waals surface area contributed by atoms with Gasteiger partial charge in [0.1, 0.15) is 0 Å². The number of non-ortho nitro benzene ring substituents is 1. The van der Waals surface area contributed by atoms with Crippen molar-refractivity contribution in [2.24, 2.45) is 0 Å². The minimum absolute atomic E-state index is 0.00827. The Morgan fingerprint density at radius 3 is 2.66 bits per heavy atom. The van der Waals surface area contributed by atoms with Gasteiger partial charge in [0.15, 0.2) is 5.13 Å². The fourth-order valence-electron chi connectivity index (χ4n) is 2.46. The second-order valence-electron chi connectivity index (χ2n) is 5.97. The van der Waals surface area contributed by atoms with Crippen molar-refractivity contribution < 1.29 is 14.5 Å². The number of rotatable bonds is 6. The van der Waals surface area contributed by atoms with E-state index in [1.54, 1.807) is 0 Å². The predicted molar refractivity (Wildman–Crippen MR) is 114 cm³/mol. The number of hydrogen-bond donors (Lipinski definition) is 2. The van der Waals surface area contributed by atoms with Crippen LogP contribution in [0.4, 0.5) is 10.8 Å². The first kappa shape index (κ1) is 20.9. The van der Waals surface area contributed by atoms with Gasteiger partial charge in [0.25, 0.3) is 11.6 Å². The van der Waals surface area contributed by atoms with Gasteiger partial charge in [-0.15, -0.1) is 22.7 Å². The SMILES string of the molecule is CC(=O)NCc1ccc(-c2nc(NC(=O)c3ccc([N+](=O)[O-])cc3Cl)sc2C)s1. The van der Waals surface area contributed by atoms with Gasteiger partial charge in [-0.05, 0) is 25.1 Å². The lowest BCUT2D eigenvalue weighted by atomic mass is 10.2. The quantitative estimate of drug-likeness (QED) is 0.419. The third kappa shape index (κ3) is 4.97. The summed E-state index contributed by atoms with van der Waals surface area (Å²) in [7, 11) is 0. The van der Waals surface area contributed by atoms with E-state index in [4.69, 9.17) is 11.6 Å². The number of aromatic nitrogens is 1. The predicted octanol–water partition coefficient (Wildman–Crippen LogP) is 4.63. The normalized spacial score (nSPS) is 10.6. The molecule has 0 aliphatic heterocycles. The van der Waals surface area contributed by atoms with Crippen LogP contribution in [0.5, 0.6) is 0 Å². The molecule has 0 atom stereocenters. The number of halogens is 1. The van der Waals surface area contributed by atoms with Crippen molar-refractivity contribution in [1.82, 2.24) is 10.3 Å². The fourth-order valence-corrected chi connectivity index (χ4v) is 4.60. The molecule has 2 heterocycles. The zero-order chi connectivity index (χ0) is 21.1.